The number of allylic oxidation sites excluding steroid dienone is 2. The van der Waals surface area contributed by atoms with Crippen LogP contribution in [0.25, 0.3) is 16.3 Å². The van der Waals surface area contributed by atoms with Crippen molar-refractivity contribution in [2.45, 2.75) is 130 Å². The lowest BCUT2D eigenvalue weighted by Crippen LogP contribution is -2.46. The molecule has 6 heterocycles. The van der Waals surface area contributed by atoms with Crippen molar-refractivity contribution in [1.29, 1.82) is 0 Å². The van der Waals surface area contributed by atoms with E-state index >= 15 is 4.39 Å². The maximum atomic E-state index is 16.3. The molecule has 19 nitrogen and oxygen atoms in total. The Labute approximate surface area is 438 Å². The summed E-state index contributed by atoms with van der Waals surface area (Å²) in [5.41, 5.74) is 0.00235. The number of anilines is 2. The number of pyridine rings is 2. The number of hydrogen-bond acceptors (Lipinski definition) is 16. The number of nitrogens with one attached hydrogen (secondary N) is 2. The van der Waals surface area contributed by atoms with Gasteiger partial charge in [0, 0.05) is 92.4 Å². The van der Waals surface area contributed by atoms with Gasteiger partial charge in [-0.25, -0.2) is 9.18 Å². The Bertz CT molecular complexity index is 3200. The highest BCUT2D eigenvalue weighted by Gasteiger charge is 2.50. The van der Waals surface area contributed by atoms with Crippen LogP contribution in [0.1, 0.15) is 117 Å². The van der Waals surface area contributed by atoms with Crippen LogP contribution in [-0.4, -0.2) is 115 Å². The molecule has 1 saturated carbocycles. The molecule has 0 unspecified atom stereocenters. The summed E-state index contributed by atoms with van der Waals surface area (Å²) in [6, 6.07) is 0.974. The van der Waals surface area contributed by atoms with E-state index in [0.29, 0.717) is 29.6 Å². The summed E-state index contributed by atoms with van der Waals surface area (Å²) < 4.78 is 41.1. The highest BCUT2D eigenvalue weighted by molar-refractivity contribution is 6.22. The number of Topliss-reactive ketones (excluding diaryl/α,β-unsaturated/α-hetero) is 1. The molecular weight excluding hydrogens is 988 g/mol. The number of hydrogen-bond donors (Lipinski definition) is 8. The highest BCUT2D eigenvalue weighted by Crippen LogP contribution is 2.55. The van der Waals surface area contributed by atoms with Crippen molar-refractivity contribution in [3.05, 3.63) is 98.0 Å². The molecule has 0 radical (unpaired) electrons. The number of rotatable bonds is 8. The molecule has 408 valence electrons. The predicted molar refractivity (Wildman–Crippen MR) is 279 cm³/mol. The Morgan fingerprint density at radius 2 is 1.63 bits per heavy atom. The van der Waals surface area contributed by atoms with Crippen LogP contribution in [0.4, 0.5) is 15.8 Å². The lowest BCUT2D eigenvalue weighted by Gasteiger charge is -2.38. The number of carboxylic acids is 1. The molecule has 5 bridgehead atoms. The average molecular weight is 1060 g/mol. The number of phenolic OH excluding ortho intramolecular Hbond substituents is 3. The Balaban J connectivity index is 1.19. The quantitative estimate of drug-likeness (QED) is 0.0514. The Morgan fingerprint density at radius 3 is 2.28 bits per heavy atom. The average Bonchev–Trinajstić information content (AvgIpc) is 4.14. The van der Waals surface area contributed by atoms with Gasteiger partial charge in [-0.2, -0.15) is 0 Å². The second-order valence-corrected chi connectivity index (χ2v) is 21.1. The number of fused-ring (bicyclic) bond motifs is 15. The number of amides is 1. The van der Waals surface area contributed by atoms with Crippen LogP contribution in [0.15, 0.2) is 53.2 Å². The van der Waals surface area contributed by atoms with Gasteiger partial charge in [0.15, 0.2) is 11.6 Å². The minimum Gasteiger partial charge on any atom is -0.507 e. The number of aryl methyl sites for hydroxylation is 1. The van der Waals surface area contributed by atoms with E-state index in [9.17, 15) is 54.6 Å². The number of benzene rings is 2. The summed E-state index contributed by atoms with van der Waals surface area (Å²) in [5.74, 6) is -11.1. The number of nitrogens with zero attached hydrogens (tertiary/aromatic N) is 2. The molecule has 2 fully saturated rings. The zero-order valence-corrected chi connectivity index (χ0v) is 44.2. The summed E-state index contributed by atoms with van der Waals surface area (Å²) in [5, 5.41) is 74.8. The number of aromatic nitrogens is 1. The largest absolute Gasteiger partial charge is 0.507 e. The van der Waals surface area contributed by atoms with E-state index in [4.69, 9.17) is 18.9 Å². The maximum absolute atomic E-state index is 16.3. The molecule has 8 N–H and O–H groups in total. The molecule has 2 aromatic carbocycles. The SMILES string of the molecule is CO[C@H]1/C=C/O[C@@]2(C)Oc3c(C)c(O)c4c(O)c(c(CN[C@H]5CCN(c6c(F)cn7c(=O)c(C(=O)O)cc(C8CC8)c7c6C)C5)c(O)c4c3C2=O)NC(=O)/C(C)=C\C=C\[C@H](C)[C@H](O)[C@@H](C)[C@@H](O)[C@@H](C)[C@H](OC(C)=O)[C@@H]1C. The summed E-state index contributed by atoms with van der Waals surface area (Å²) in [7, 11) is 1.41. The summed E-state index contributed by atoms with van der Waals surface area (Å²) >= 11 is 0. The second-order valence-electron chi connectivity index (χ2n) is 21.1. The van der Waals surface area contributed by atoms with Gasteiger partial charge in [-0.1, -0.05) is 45.9 Å². The lowest BCUT2D eigenvalue weighted by atomic mass is 9.78. The van der Waals surface area contributed by atoms with Gasteiger partial charge in [-0.3, -0.25) is 23.6 Å². The molecule has 2 aromatic heterocycles. The third-order valence-corrected chi connectivity index (χ3v) is 15.9. The minimum absolute atomic E-state index is 0.00107. The van der Waals surface area contributed by atoms with Crippen LogP contribution >= 0.6 is 0 Å². The number of aromatic carboxylic acids is 1. The number of carbonyl (C=O) groups excluding carboxylic acids is 3. The molecule has 4 aliphatic heterocycles. The fraction of sp³-hybridized carbons (Fsp3) is 0.482. The van der Waals surface area contributed by atoms with Gasteiger partial charge >= 0.3 is 17.7 Å². The van der Waals surface area contributed by atoms with Crippen LogP contribution in [-0.2, 0) is 30.3 Å². The number of ether oxygens (including phenoxy) is 4. The van der Waals surface area contributed by atoms with Crippen molar-refractivity contribution in [3.8, 4) is 23.0 Å². The van der Waals surface area contributed by atoms with E-state index in [0.717, 1.165) is 23.4 Å². The third-order valence-electron chi connectivity index (χ3n) is 15.9. The number of halogens is 1. The number of carboxylic acid groups (broad SMARTS) is 1. The number of aliphatic hydroxyl groups excluding tert-OH is 2. The molecule has 1 aliphatic carbocycles. The van der Waals surface area contributed by atoms with Gasteiger partial charge in [0.05, 0.1) is 58.6 Å². The number of methoxy groups -OCH3 is 1. The second kappa shape index (κ2) is 21.2. The monoisotopic (exact) mass is 1050 g/mol. The summed E-state index contributed by atoms with van der Waals surface area (Å²) in [4.78, 5) is 68.4. The van der Waals surface area contributed by atoms with Crippen molar-refractivity contribution in [2.24, 2.45) is 23.7 Å². The third kappa shape index (κ3) is 9.87. The molecule has 5 aliphatic rings. The van der Waals surface area contributed by atoms with Gasteiger partial charge < -0.3 is 65.1 Å². The van der Waals surface area contributed by atoms with Crippen LogP contribution in [0, 0.1) is 43.3 Å². The first-order valence-corrected chi connectivity index (χ1v) is 25.5. The molecule has 1 amide bonds. The van der Waals surface area contributed by atoms with E-state index < -0.39 is 118 Å². The first-order chi connectivity index (χ1) is 35.8. The first-order valence-electron chi connectivity index (χ1n) is 25.5. The van der Waals surface area contributed by atoms with Crippen LogP contribution < -0.4 is 25.8 Å². The van der Waals surface area contributed by atoms with E-state index in [1.165, 1.54) is 59.3 Å². The van der Waals surface area contributed by atoms with Gasteiger partial charge in [-0.05, 0) is 69.2 Å². The number of carbonyl (C=O) groups is 4. The van der Waals surface area contributed by atoms with Crippen molar-refractivity contribution in [2.75, 3.05) is 30.4 Å². The molecule has 76 heavy (non-hydrogen) atoms. The van der Waals surface area contributed by atoms with Crippen LogP contribution in [0.5, 0.6) is 23.0 Å². The van der Waals surface area contributed by atoms with E-state index in [2.05, 4.69) is 10.6 Å². The number of esters is 1. The van der Waals surface area contributed by atoms with Crippen LogP contribution in [0.3, 0.4) is 0 Å². The number of phenols is 3. The van der Waals surface area contributed by atoms with Crippen molar-refractivity contribution < 1.29 is 73.2 Å². The molecular formula is C56H67FN4O15. The number of ketones is 1. The maximum Gasteiger partial charge on any atom is 0.341 e. The van der Waals surface area contributed by atoms with Crippen molar-refractivity contribution >= 4 is 51.3 Å². The van der Waals surface area contributed by atoms with E-state index in [1.807, 2.05) is 0 Å². The van der Waals surface area contributed by atoms with Gasteiger partial charge in [0.2, 0.25) is 0 Å². The lowest BCUT2D eigenvalue weighted by molar-refractivity contribution is -0.160. The topological polar surface area (TPSA) is 275 Å². The summed E-state index contributed by atoms with van der Waals surface area (Å²) in [6.07, 6.45) is 6.27. The highest BCUT2D eigenvalue weighted by atomic mass is 19.1. The number of aliphatic hydroxyl groups is 2. The van der Waals surface area contributed by atoms with Crippen molar-refractivity contribution in [3.63, 3.8) is 0 Å². The van der Waals surface area contributed by atoms with E-state index in [-0.39, 0.29) is 69.2 Å². The van der Waals surface area contributed by atoms with Gasteiger partial charge in [0.1, 0.15) is 28.9 Å². The van der Waals surface area contributed by atoms with Crippen molar-refractivity contribution in [1.82, 2.24) is 9.72 Å². The zero-order chi connectivity index (χ0) is 55.6. The molecule has 10 atom stereocenters. The zero-order valence-electron chi connectivity index (χ0n) is 44.2. The normalized spacial score (nSPS) is 29.0. The fourth-order valence-electron chi connectivity index (χ4n) is 11.2. The van der Waals surface area contributed by atoms with E-state index in [1.54, 1.807) is 51.7 Å². The molecule has 0 spiro atoms. The van der Waals surface area contributed by atoms with Crippen LogP contribution in [0.2, 0.25) is 0 Å². The fourth-order valence-corrected chi connectivity index (χ4v) is 11.2. The molecule has 20 heteroatoms. The molecule has 9 rings (SSSR count). The predicted octanol–water partition coefficient (Wildman–Crippen LogP) is 6.76. The number of aromatic hydroxyl groups is 3. The Kier molecular flexibility index (Phi) is 15.4. The first kappa shape index (κ1) is 55.2. The molecule has 4 aromatic rings. The van der Waals surface area contributed by atoms with Gasteiger partial charge in [0.25, 0.3) is 17.2 Å². The Morgan fingerprint density at radius 1 is 0.934 bits per heavy atom. The molecule has 1 saturated heterocycles. The Hall–Kier alpha value is -7.00. The summed E-state index contributed by atoms with van der Waals surface area (Å²) in [6.45, 7) is 14.3. The standard InChI is InChI=1S/C56H67FN4O15/c1-24-12-11-13-25(2)53(69)59-42-36(21-58-33-16-18-60(22-33)44-27(4)43-34(32-14-15-32)20-35(55(71)72)54(70)61(43)23-37(44)57)48(66)39-40(49(42)67)47(65)30(7)51-41(39)52(68)56(9,76-51)74-19-17-38(73-10)26(3)50(75-31(8)62)29(6)46(64)28(5)45(24)63/h11-13,17,19-20,23-24,26,28-29,32-33,38,45-46,50,58,63-67H,14-16,18,21-22H2,1-10H3,(H,59,69)(H,71,72)/b12-11+,19-17+,25-13-/t24-,26+,28+,29+,33-,38-,45-,46+,50+,56-/m0/s1. The minimum atomic E-state index is -2.13. The smallest absolute Gasteiger partial charge is 0.341 e. The van der Waals surface area contributed by atoms with Gasteiger partial charge in [-0.15, -0.1) is 0 Å².